The number of halogens is 1. The molecule has 4 rings (SSSR count). The molecule has 2 fully saturated rings. The van der Waals surface area contributed by atoms with Crippen molar-refractivity contribution in [2.24, 2.45) is 5.92 Å². The van der Waals surface area contributed by atoms with Crippen LogP contribution in [0.25, 0.3) is 11.4 Å². The van der Waals surface area contributed by atoms with Crippen LogP contribution in [-0.2, 0) is 9.53 Å². The zero-order chi connectivity index (χ0) is 25.5. The molecule has 1 aromatic heterocycles. The summed E-state index contributed by atoms with van der Waals surface area (Å²) in [4.78, 5) is 50.7. The second-order valence-corrected chi connectivity index (χ2v) is 9.64. The van der Waals surface area contributed by atoms with Gasteiger partial charge in [-0.3, -0.25) is 9.59 Å². The Hall–Kier alpha value is -3.20. The van der Waals surface area contributed by atoms with Crippen LogP contribution >= 0.6 is 11.6 Å². The minimum atomic E-state index is -0.665. The summed E-state index contributed by atoms with van der Waals surface area (Å²) in [5.74, 6) is 0.162. The standard InChI is InChI=1S/C26H32ClN5O4/c1-2-3-15-36-26(35)32-13-11-31(12-14-32)25(34)21(16-18-9-10-18)29-24(33)20-17-22(27)30-23(28-20)19-7-5-4-6-8-19/h4-8,17-18,21H,2-3,9-16H2,1H3,(H,29,33). The number of piperazine rings is 1. The summed E-state index contributed by atoms with van der Waals surface area (Å²) in [7, 11) is 0. The number of aromatic nitrogens is 2. The average molecular weight is 514 g/mol. The summed E-state index contributed by atoms with van der Waals surface area (Å²) in [5, 5.41) is 3.05. The van der Waals surface area contributed by atoms with E-state index in [1.807, 2.05) is 37.3 Å². The van der Waals surface area contributed by atoms with Crippen LogP contribution in [0, 0.1) is 5.92 Å². The summed E-state index contributed by atoms with van der Waals surface area (Å²) >= 11 is 6.19. The summed E-state index contributed by atoms with van der Waals surface area (Å²) in [6.07, 6.45) is 4.13. The van der Waals surface area contributed by atoms with Crippen molar-refractivity contribution < 1.29 is 19.1 Å². The molecule has 1 unspecified atom stereocenters. The highest BCUT2D eigenvalue weighted by molar-refractivity contribution is 6.29. The van der Waals surface area contributed by atoms with Crippen LogP contribution in [0.15, 0.2) is 36.4 Å². The first kappa shape index (κ1) is 25.9. The largest absolute Gasteiger partial charge is 0.449 e. The van der Waals surface area contributed by atoms with E-state index in [9.17, 15) is 14.4 Å². The topological polar surface area (TPSA) is 105 Å². The Bertz CT molecular complexity index is 1070. The molecule has 2 aliphatic rings. The lowest BCUT2D eigenvalue weighted by Gasteiger charge is -2.36. The smallest absolute Gasteiger partial charge is 0.409 e. The van der Waals surface area contributed by atoms with Gasteiger partial charge in [0.25, 0.3) is 5.91 Å². The Balaban J connectivity index is 1.40. The van der Waals surface area contributed by atoms with Crippen LogP contribution in [0.5, 0.6) is 0 Å². The van der Waals surface area contributed by atoms with Crippen molar-refractivity contribution in [1.29, 1.82) is 0 Å². The molecule has 1 atom stereocenters. The number of carbonyl (C=O) groups excluding carboxylic acids is 3. The van der Waals surface area contributed by atoms with Crippen LogP contribution in [0.3, 0.4) is 0 Å². The zero-order valence-electron chi connectivity index (χ0n) is 20.5. The lowest BCUT2D eigenvalue weighted by atomic mass is 10.1. The molecule has 3 amide bonds. The minimum Gasteiger partial charge on any atom is -0.449 e. The lowest BCUT2D eigenvalue weighted by molar-refractivity contribution is -0.135. The maximum absolute atomic E-state index is 13.4. The fourth-order valence-electron chi connectivity index (χ4n) is 4.12. The predicted octanol–water partition coefficient (Wildman–Crippen LogP) is 3.78. The molecule has 36 heavy (non-hydrogen) atoms. The SMILES string of the molecule is CCCCOC(=O)N1CCN(C(=O)C(CC2CC2)NC(=O)c2cc(Cl)nc(-c3ccccc3)n2)CC1. The second-order valence-electron chi connectivity index (χ2n) is 9.25. The van der Waals surface area contributed by atoms with Crippen LogP contribution < -0.4 is 5.32 Å². The molecule has 10 heteroatoms. The third kappa shape index (κ3) is 6.94. The van der Waals surface area contributed by atoms with Gasteiger partial charge < -0.3 is 19.9 Å². The van der Waals surface area contributed by atoms with Gasteiger partial charge in [0.15, 0.2) is 5.82 Å². The first-order valence-electron chi connectivity index (χ1n) is 12.6. The van der Waals surface area contributed by atoms with Crippen molar-refractivity contribution in [2.45, 2.75) is 45.1 Å². The maximum atomic E-state index is 13.4. The monoisotopic (exact) mass is 513 g/mol. The van der Waals surface area contributed by atoms with Crippen LogP contribution in [0.4, 0.5) is 4.79 Å². The van der Waals surface area contributed by atoms with E-state index < -0.39 is 11.9 Å². The van der Waals surface area contributed by atoms with E-state index in [2.05, 4.69) is 15.3 Å². The Morgan fingerprint density at radius 2 is 1.78 bits per heavy atom. The van der Waals surface area contributed by atoms with Crippen LogP contribution in [0.1, 0.15) is 49.5 Å². The van der Waals surface area contributed by atoms with Gasteiger partial charge in [-0.1, -0.05) is 68.1 Å². The fourth-order valence-corrected chi connectivity index (χ4v) is 4.30. The minimum absolute atomic E-state index is 0.113. The Kier molecular flexibility index (Phi) is 8.74. The molecule has 2 heterocycles. The summed E-state index contributed by atoms with van der Waals surface area (Å²) in [6, 6.07) is 10.0. The van der Waals surface area contributed by atoms with E-state index in [1.54, 1.807) is 9.80 Å². The molecule has 1 saturated heterocycles. The number of benzene rings is 1. The van der Waals surface area contributed by atoms with Crippen molar-refractivity contribution in [1.82, 2.24) is 25.1 Å². The molecular formula is C26H32ClN5O4. The number of rotatable bonds is 9. The number of hydrogen-bond donors (Lipinski definition) is 1. The van der Waals surface area contributed by atoms with E-state index in [0.29, 0.717) is 50.9 Å². The van der Waals surface area contributed by atoms with E-state index in [1.165, 1.54) is 6.07 Å². The van der Waals surface area contributed by atoms with Gasteiger partial charge in [-0.05, 0) is 18.8 Å². The Morgan fingerprint density at radius 1 is 1.08 bits per heavy atom. The molecule has 1 aromatic carbocycles. The normalized spacial score (nSPS) is 16.4. The van der Waals surface area contributed by atoms with E-state index in [-0.39, 0.29) is 22.8 Å². The lowest BCUT2D eigenvalue weighted by Crippen LogP contribution is -2.56. The molecule has 192 valence electrons. The number of carbonyl (C=O) groups is 3. The predicted molar refractivity (Wildman–Crippen MR) is 135 cm³/mol. The average Bonchev–Trinajstić information content (AvgIpc) is 3.72. The van der Waals surface area contributed by atoms with Crippen molar-refractivity contribution in [3.05, 3.63) is 47.2 Å². The van der Waals surface area contributed by atoms with E-state index in [0.717, 1.165) is 31.2 Å². The van der Waals surface area contributed by atoms with Gasteiger partial charge in [-0.15, -0.1) is 0 Å². The van der Waals surface area contributed by atoms with Crippen LogP contribution in [-0.4, -0.2) is 76.5 Å². The molecule has 1 saturated carbocycles. The molecule has 1 aliphatic carbocycles. The summed E-state index contributed by atoms with van der Waals surface area (Å²) < 4.78 is 5.28. The van der Waals surface area contributed by atoms with Gasteiger partial charge >= 0.3 is 6.09 Å². The number of ether oxygens (including phenoxy) is 1. The van der Waals surface area contributed by atoms with E-state index >= 15 is 0 Å². The van der Waals surface area contributed by atoms with E-state index in [4.69, 9.17) is 16.3 Å². The Labute approximate surface area is 216 Å². The quantitative estimate of drug-likeness (QED) is 0.404. The zero-order valence-corrected chi connectivity index (χ0v) is 21.2. The molecule has 0 spiro atoms. The molecule has 9 nitrogen and oxygen atoms in total. The highest BCUT2D eigenvalue weighted by Crippen LogP contribution is 2.34. The van der Waals surface area contributed by atoms with Gasteiger partial charge in [0.1, 0.15) is 16.9 Å². The third-order valence-electron chi connectivity index (χ3n) is 6.40. The van der Waals surface area contributed by atoms with Crippen LogP contribution in [0.2, 0.25) is 5.15 Å². The number of nitrogens with zero attached hydrogens (tertiary/aromatic N) is 4. The number of unbranched alkanes of at least 4 members (excludes halogenated alkanes) is 1. The summed E-state index contributed by atoms with van der Waals surface area (Å²) in [6.45, 7) is 4.05. The number of nitrogens with one attached hydrogen (secondary N) is 1. The van der Waals surface area contributed by atoms with Crippen molar-refractivity contribution >= 4 is 29.5 Å². The van der Waals surface area contributed by atoms with Gasteiger partial charge in [0, 0.05) is 37.8 Å². The first-order chi connectivity index (χ1) is 17.4. The molecular weight excluding hydrogens is 482 g/mol. The molecule has 0 bridgehead atoms. The van der Waals surface area contributed by atoms with Gasteiger partial charge in [-0.25, -0.2) is 14.8 Å². The Morgan fingerprint density at radius 3 is 2.44 bits per heavy atom. The highest BCUT2D eigenvalue weighted by atomic mass is 35.5. The van der Waals surface area contributed by atoms with Gasteiger partial charge in [-0.2, -0.15) is 0 Å². The maximum Gasteiger partial charge on any atom is 0.409 e. The van der Waals surface area contributed by atoms with Crippen molar-refractivity contribution in [2.75, 3.05) is 32.8 Å². The third-order valence-corrected chi connectivity index (χ3v) is 6.60. The fraction of sp³-hybridized carbons (Fsp3) is 0.500. The first-order valence-corrected chi connectivity index (χ1v) is 12.9. The van der Waals surface area contributed by atoms with Crippen molar-refractivity contribution in [3.8, 4) is 11.4 Å². The van der Waals surface area contributed by atoms with Crippen molar-refractivity contribution in [3.63, 3.8) is 0 Å². The summed E-state index contributed by atoms with van der Waals surface area (Å²) in [5.41, 5.74) is 0.854. The molecule has 2 aromatic rings. The van der Waals surface area contributed by atoms with Gasteiger partial charge in [0.05, 0.1) is 6.61 Å². The molecule has 1 N–H and O–H groups in total. The second kappa shape index (κ2) is 12.2. The molecule has 0 radical (unpaired) electrons. The highest BCUT2D eigenvalue weighted by Gasteiger charge is 2.35. The molecule has 1 aliphatic heterocycles. The number of hydrogen-bond acceptors (Lipinski definition) is 6. The van der Waals surface area contributed by atoms with Gasteiger partial charge in [0.2, 0.25) is 5.91 Å². The number of amides is 3.